The summed E-state index contributed by atoms with van der Waals surface area (Å²) >= 11 is 0. The second-order valence-electron chi connectivity index (χ2n) is 3.50. The summed E-state index contributed by atoms with van der Waals surface area (Å²) < 4.78 is 53.6. The summed E-state index contributed by atoms with van der Waals surface area (Å²) in [7, 11) is -4.39. The number of rotatable bonds is 5. The molecule has 1 aromatic carbocycles. The van der Waals surface area contributed by atoms with Gasteiger partial charge in [-0.25, -0.2) is 17.9 Å². The fourth-order valence-corrected chi connectivity index (χ4v) is 1.79. The summed E-state index contributed by atoms with van der Waals surface area (Å²) in [6, 6.07) is 1.59. The highest BCUT2D eigenvalue weighted by molar-refractivity contribution is 7.89. The van der Waals surface area contributed by atoms with Crippen LogP contribution in [-0.2, 0) is 14.8 Å². The first kappa shape index (κ1) is 15.9. The summed E-state index contributed by atoms with van der Waals surface area (Å²) in [5.41, 5.74) is 0. The predicted molar refractivity (Wildman–Crippen MR) is 65.1 cm³/mol. The molecule has 1 amide bonds. The van der Waals surface area contributed by atoms with Crippen LogP contribution in [0.5, 0.6) is 5.75 Å². The third kappa shape index (κ3) is 3.91. The molecule has 0 saturated carbocycles. The average molecular weight is 304 g/mol. The van der Waals surface area contributed by atoms with Gasteiger partial charge in [0.2, 0.25) is 15.8 Å². The van der Waals surface area contributed by atoms with Crippen LogP contribution >= 0.6 is 0 Å². The molecule has 1 aromatic rings. The van der Waals surface area contributed by atoms with Crippen molar-refractivity contribution in [1.82, 2.24) is 5.32 Å². The second-order valence-corrected chi connectivity index (χ2v) is 5.03. The molecule has 0 aliphatic heterocycles. The van der Waals surface area contributed by atoms with Crippen molar-refractivity contribution in [1.29, 1.82) is 0 Å². The van der Waals surface area contributed by atoms with Gasteiger partial charge in [0.25, 0.3) is 5.91 Å². The Labute approximate surface area is 114 Å². The molecule has 6 nitrogen and oxygen atoms in total. The highest BCUT2D eigenvalue weighted by Crippen LogP contribution is 2.24. The molecule has 0 bridgehead atoms. The van der Waals surface area contributed by atoms with E-state index >= 15 is 0 Å². The number of ether oxygens (including phenoxy) is 1. The molecular formula is C11H10F2N2O4S. The van der Waals surface area contributed by atoms with Crippen LogP contribution < -0.4 is 15.2 Å². The van der Waals surface area contributed by atoms with Crippen LogP contribution in [0.25, 0.3) is 0 Å². The highest BCUT2D eigenvalue weighted by Gasteiger charge is 2.21. The van der Waals surface area contributed by atoms with Crippen molar-refractivity contribution in [3.05, 3.63) is 23.8 Å². The maximum atomic E-state index is 13.5. The van der Waals surface area contributed by atoms with E-state index in [0.717, 1.165) is 12.1 Å². The lowest BCUT2D eigenvalue weighted by molar-refractivity contribution is -0.122. The fraction of sp³-hybridized carbons (Fsp3) is 0.182. The van der Waals surface area contributed by atoms with Crippen molar-refractivity contribution >= 4 is 15.9 Å². The van der Waals surface area contributed by atoms with Gasteiger partial charge in [0, 0.05) is 0 Å². The third-order valence-corrected chi connectivity index (χ3v) is 2.99. The molecule has 1 rings (SSSR count). The van der Waals surface area contributed by atoms with Crippen LogP contribution in [0.4, 0.5) is 8.78 Å². The van der Waals surface area contributed by atoms with Gasteiger partial charge in [0.15, 0.2) is 18.2 Å². The molecule has 0 heterocycles. The number of amides is 1. The summed E-state index contributed by atoms with van der Waals surface area (Å²) in [5.74, 6) is -2.35. The van der Waals surface area contributed by atoms with Crippen LogP contribution in [0.3, 0.4) is 0 Å². The Morgan fingerprint density at radius 2 is 2.05 bits per heavy atom. The minimum atomic E-state index is -4.39. The Bertz CT molecular complexity index is 668. The number of carbonyl (C=O) groups excluding carboxylic acids is 1. The van der Waals surface area contributed by atoms with Crippen LogP contribution in [-0.4, -0.2) is 27.5 Å². The molecule has 0 radical (unpaired) electrons. The molecule has 9 heteroatoms. The number of terminal acetylenes is 1. The van der Waals surface area contributed by atoms with E-state index in [-0.39, 0.29) is 6.54 Å². The SMILES string of the molecule is C#CCNC(=O)COc1ccc(S(N)(=O)=O)c(F)c1F. The highest BCUT2D eigenvalue weighted by atomic mass is 32.2. The molecule has 108 valence electrons. The molecule has 20 heavy (non-hydrogen) atoms. The number of hydrogen-bond acceptors (Lipinski definition) is 4. The third-order valence-electron chi connectivity index (χ3n) is 2.06. The number of halogens is 2. The van der Waals surface area contributed by atoms with E-state index in [1.54, 1.807) is 0 Å². The first-order valence-corrected chi connectivity index (χ1v) is 6.65. The summed E-state index contributed by atoms with van der Waals surface area (Å²) in [6.45, 7) is -0.643. The van der Waals surface area contributed by atoms with Crippen molar-refractivity contribution in [2.75, 3.05) is 13.2 Å². The molecule has 0 atom stereocenters. The van der Waals surface area contributed by atoms with Gasteiger partial charge in [-0.15, -0.1) is 6.42 Å². The molecule has 3 N–H and O–H groups in total. The van der Waals surface area contributed by atoms with Crippen LogP contribution in [0.1, 0.15) is 0 Å². The Morgan fingerprint density at radius 3 is 2.60 bits per heavy atom. The molecule has 0 aromatic heterocycles. The first-order valence-electron chi connectivity index (χ1n) is 5.11. The van der Waals surface area contributed by atoms with Gasteiger partial charge in [0.1, 0.15) is 4.90 Å². The largest absolute Gasteiger partial charge is 0.481 e. The van der Waals surface area contributed by atoms with Gasteiger partial charge in [0.05, 0.1) is 6.54 Å². The average Bonchev–Trinajstić information content (AvgIpc) is 2.36. The molecule has 0 spiro atoms. The lowest BCUT2D eigenvalue weighted by Crippen LogP contribution is -2.29. The van der Waals surface area contributed by atoms with E-state index < -0.39 is 44.8 Å². The van der Waals surface area contributed by atoms with E-state index in [4.69, 9.17) is 16.3 Å². The van der Waals surface area contributed by atoms with Crippen molar-refractivity contribution in [2.45, 2.75) is 4.90 Å². The topological polar surface area (TPSA) is 98.5 Å². The van der Waals surface area contributed by atoms with Crippen molar-refractivity contribution in [3.63, 3.8) is 0 Å². The molecule has 0 aliphatic carbocycles. The minimum absolute atomic E-state index is 0.0383. The monoisotopic (exact) mass is 304 g/mol. The minimum Gasteiger partial charge on any atom is -0.481 e. The van der Waals surface area contributed by atoms with E-state index in [2.05, 4.69) is 11.2 Å². The number of nitrogens with two attached hydrogens (primary N) is 1. The number of hydrogen-bond donors (Lipinski definition) is 2. The van der Waals surface area contributed by atoms with Crippen molar-refractivity contribution in [2.24, 2.45) is 5.14 Å². The van der Waals surface area contributed by atoms with Gasteiger partial charge in [-0.05, 0) is 12.1 Å². The van der Waals surface area contributed by atoms with E-state index in [9.17, 15) is 22.0 Å². The molecule has 0 fully saturated rings. The summed E-state index contributed by atoms with van der Waals surface area (Å²) in [4.78, 5) is 10.1. The molecule has 0 aliphatic rings. The van der Waals surface area contributed by atoms with E-state index in [1.807, 2.05) is 0 Å². The van der Waals surface area contributed by atoms with Gasteiger partial charge in [-0.1, -0.05) is 5.92 Å². The Morgan fingerprint density at radius 1 is 1.40 bits per heavy atom. The van der Waals surface area contributed by atoms with Crippen molar-refractivity contribution in [3.8, 4) is 18.1 Å². The maximum absolute atomic E-state index is 13.5. The Balaban J connectivity index is 2.87. The zero-order chi connectivity index (χ0) is 15.3. The predicted octanol–water partition coefficient (Wildman–Crippen LogP) is -0.260. The number of nitrogens with one attached hydrogen (secondary N) is 1. The van der Waals surface area contributed by atoms with Gasteiger partial charge in [-0.2, -0.15) is 4.39 Å². The molecule has 0 unspecified atom stereocenters. The number of sulfonamides is 1. The van der Waals surface area contributed by atoms with Crippen LogP contribution in [0.15, 0.2) is 17.0 Å². The van der Waals surface area contributed by atoms with Crippen molar-refractivity contribution < 1.29 is 26.7 Å². The van der Waals surface area contributed by atoms with Crippen LogP contribution in [0, 0.1) is 24.0 Å². The van der Waals surface area contributed by atoms with Gasteiger partial charge in [-0.3, -0.25) is 4.79 Å². The summed E-state index contributed by atoms with van der Waals surface area (Å²) in [6.07, 6.45) is 4.90. The lowest BCUT2D eigenvalue weighted by atomic mass is 10.3. The summed E-state index contributed by atoms with van der Waals surface area (Å²) in [5, 5.41) is 6.94. The normalized spacial score (nSPS) is 10.7. The quantitative estimate of drug-likeness (QED) is 0.732. The first-order chi connectivity index (χ1) is 9.27. The van der Waals surface area contributed by atoms with Gasteiger partial charge >= 0.3 is 0 Å². The zero-order valence-corrected chi connectivity index (χ0v) is 10.8. The zero-order valence-electron chi connectivity index (χ0n) is 10.0. The van der Waals surface area contributed by atoms with Gasteiger partial charge < -0.3 is 10.1 Å². The number of primary sulfonamides is 1. The number of benzene rings is 1. The Hall–Kier alpha value is -2.18. The maximum Gasteiger partial charge on any atom is 0.258 e. The Kier molecular flexibility index (Phi) is 5.01. The molecular weight excluding hydrogens is 294 g/mol. The number of carbonyl (C=O) groups is 1. The van der Waals surface area contributed by atoms with E-state index in [0.29, 0.717) is 0 Å². The standard InChI is InChI=1S/C11H10F2N2O4S/c1-2-5-15-9(16)6-19-7-3-4-8(20(14,17)18)11(13)10(7)12/h1,3-4H,5-6H2,(H,15,16)(H2,14,17,18). The molecule has 0 saturated heterocycles. The fourth-order valence-electron chi connectivity index (χ4n) is 1.19. The van der Waals surface area contributed by atoms with Crippen LogP contribution in [0.2, 0.25) is 0 Å². The second kappa shape index (κ2) is 6.31. The van der Waals surface area contributed by atoms with E-state index in [1.165, 1.54) is 0 Å². The lowest BCUT2D eigenvalue weighted by Gasteiger charge is -2.09. The smallest absolute Gasteiger partial charge is 0.258 e.